The third-order valence-electron chi connectivity index (χ3n) is 5.87. The van der Waals surface area contributed by atoms with Gasteiger partial charge in [-0.2, -0.15) is 13.2 Å². The number of hydrogen-bond acceptors (Lipinski definition) is 4. The van der Waals surface area contributed by atoms with E-state index in [9.17, 15) is 18.0 Å². The Morgan fingerprint density at radius 2 is 1.87 bits per heavy atom. The number of rotatable bonds is 3. The summed E-state index contributed by atoms with van der Waals surface area (Å²) in [5, 5.41) is 0.780. The smallest absolute Gasteiger partial charge is 0.416 e. The fourth-order valence-corrected chi connectivity index (χ4v) is 4.37. The van der Waals surface area contributed by atoms with Crippen molar-refractivity contribution in [1.29, 1.82) is 0 Å². The summed E-state index contributed by atoms with van der Waals surface area (Å²) < 4.78 is 44.4. The van der Waals surface area contributed by atoms with E-state index in [4.69, 9.17) is 4.42 Å². The Kier molecular flexibility index (Phi) is 4.81. The molecule has 1 unspecified atom stereocenters. The molecular formula is C23H20F3N3O2. The maximum absolute atomic E-state index is 12.9. The average molecular weight is 427 g/mol. The summed E-state index contributed by atoms with van der Waals surface area (Å²) >= 11 is 0. The van der Waals surface area contributed by atoms with Gasteiger partial charge in [0, 0.05) is 11.4 Å². The first-order valence-electron chi connectivity index (χ1n) is 10.2. The Hall–Kier alpha value is -3.13. The fraction of sp³-hybridized carbons (Fsp3) is 0.304. The molecule has 0 spiro atoms. The second-order valence-corrected chi connectivity index (χ2v) is 7.89. The van der Waals surface area contributed by atoms with E-state index in [0.717, 1.165) is 48.9 Å². The summed E-state index contributed by atoms with van der Waals surface area (Å²) in [5.74, 6) is 0.517. The maximum Gasteiger partial charge on any atom is 0.416 e. The highest BCUT2D eigenvalue weighted by Gasteiger charge is 2.31. The van der Waals surface area contributed by atoms with E-state index in [1.54, 1.807) is 18.2 Å². The van der Waals surface area contributed by atoms with Gasteiger partial charge in [-0.25, -0.2) is 4.98 Å². The number of alkyl halides is 3. The van der Waals surface area contributed by atoms with Crippen molar-refractivity contribution < 1.29 is 17.6 Å². The molecule has 8 heteroatoms. The van der Waals surface area contributed by atoms with Crippen molar-refractivity contribution in [1.82, 2.24) is 14.9 Å². The molecule has 0 amide bonds. The van der Waals surface area contributed by atoms with Crippen LogP contribution in [0, 0.1) is 0 Å². The van der Waals surface area contributed by atoms with E-state index in [1.807, 2.05) is 18.2 Å². The predicted molar refractivity (Wildman–Crippen MR) is 111 cm³/mol. The van der Waals surface area contributed by atoms with Crippen LogP contribution in [0.2, 0.25) is 0 Å². The molecule has 1 aliphatic rings. The molecule has 0 bridgehead atoms. The van der Waals surface area contributed by atoms with Crippen LogP contribution in [0.3, 0.4) is 0 Å². The Morgan fingerprint density at radius 1 is 1.10 bits per heavy atom. The van der Waals surface area contributed by atoms with Crippen LogP contribution in [0.25, 0.3) is 22.1 Å². The van der Waals surface area contributed by atoms with Gasteiger partial charge in [-0.3, -0.25) is 9.69 Å². The molecule has 1 saturated heterocycles. The minimum absolute atomic E-state index is 0.0295. The van der Waals surface area contributed by atoms with Gasteiger partial charge in [0.2, 0.25) is 5.58 Å². The van der Waals surface area contributed by atoms with Crippen LogP contribution in [0.5, 0.6) is 0 Å². The molecule has 5 nitrogen and oxygen atoms in total. The van der Waals surface area contributed by atoms with Gasteiger partial charge in [0.1, 0.15) is 16.9 Å². The van der Waals surface area contributed by atoms with Crippen molar-refractivity contribution in [3.63, 3.8) is 0 Å². The first-order chi connectivity index (χ1) is 14.9. The largest absolute Gasteiger partial charge is 0.449 e. The van der Waals surface area contributed by atoms with Crippen molar-refractivity contribution in [3.8, 4) is 0 Å². The number of aromatic amines is 1. The van der Waals surface area contributed by atoms with Crippen molar-refractivity contribution in [2.24, 2.45) is 0 Å². The van der Waals surface area contributed by atoms with Crippen molar-refractivity contribution in [2.75, 3.05) is 6.54 Å². The van der Waals surface area contributed by atoms with Crippen LogP contribution in [-0.2, 0) is 12.7 Å². The molecule has 1 atom stereocenters. The quantitative estimate of drug-likeness (QED) is 0.475. The van der Waals surface area contributed by atoms with E-state index in [1.165, 1.54) is 0 Å². The summed E-state index contributed by atoms with van der Waals surface area (Å²) in [4.78, 5) is 22.2. The maximum atomic E-state index is 12.9. The molecule has 4 aromatic rings. The lowest BCUT2D eigenvalue weighted by molar-refractivity contribution is -0.137. The lowest BCUT2D eigenvalue weighted by Gasteiger charge is -2.35. The number of aromatic nitrogens is 2. The molecule has 5 rings (SSSR count). The standard InChI is InChI=1S/C23H20F3N3O2/c24-23(25,26)15-10-8-14(9-11-15)17-6-3-4-12-29(17)13-19-27-20-16-5-1-2-7-18(16)31-21(20)22(30)28-19/h1-2,5,7-11,17H,3-4,6,12-13H2,(H,27,28,30). The summed E-state index contributed by atoms with van der Waals surface area (Å²) in [6.07, 6.45) is -1.53. The number of para-hydroxylation sites is 1. The lowest BCUT2D eigenvalue weighted by Crippen LogP contribution is -2.34. The van der Waals surface area contributed by atoms with Crippen molar-refractivity contribution >= 4 is 22.1 Å². The highest BCUT2D eigenvalue weighted by Crippen LogP contribution is 2.35. The van der Waals surface area contributed by atoms with E-state index in [-0.39, 0.29) is 17.2 Å². The summed E-state index contributed by atoms with van der Waals surface area (Å²) in [7, 11) is 0. The number of furan rings is 1. The average Bonchev–Trinajstić information content (AvgIpc) is 3.13. The third kappa shape index (κ3) is 3.72. The molecule has 1 N–H and O–H groups in total. The highest BCUT2D eigenvalue weighted by atomic mass is 19.4. The fourth-order valence-electron chi connectivity index (χ4n) is 4.37. The van der Waals surface area contributed by atoms with E-state index in [0.29, 0.717) is 23.5 Å². The summed E-state index contributed by atoms with van der Waals surface area (Å²) in [5.41, 5.74) is 1.18. The molecule has 1 aliphatic heterocycles. The van der Waals surface area contributed by atoms with Gasteiger partial charge in [0.25, 0.3) is 5.56 Å². The zero-order valence-corrected chi connectivity index (χ0v) is 16.6. The number of halogens is 3. The second kappa shape index (κ2) is 7.53. The van der Waals surface area contributed by atoms with Gasteiger partial charge in [0.15, 0.2) is 0 Å². The van der Waals surface area contributed by atoms with Gasteiger partial charge in [-0.15, -0.1) is 0 Å². The molecule has 1 fully saturated rings. The molecule has 31 heavy (non-hydrogen) atoms. The SMILES string of the molecule is O=c1[nH]c(CN2CCCCC2c2ccc(C(F)(F)F)cc2)nc2c1oc1ccccc12. The number of nitrogens with zero attached hydrogens (tertiary/aromatic N) is 2. The monoisotopic (exact) mass is 427 g/mol. The Bertz CT molecular complexity index is 1290. The number of nitrogens with one attached hydrogen (secondary N) is 1. The summed E-state index contributed by atoms with van der Waals surface area (Å²) in [6.45, 7) is 1.18. The molecule has 0 aliphatic carbocycles. The van der Waals surface area contributed by atoms with E-state index in [2.05, 4.69) is 14.9 Å². The molecule has 2 aromatic heterocycles. The molecule has 0 saturated carbocycles. The second-order valence-electron chi connectivity index (χ2n) is 7.89. The lowest BCUT2D eigenvalue weighted by atomic mass is 9.94. The van der Waals surface area contributed by atoms with Crippen LogP contribution >= 0.6 is 0 Å². The number of benzene rings is 2. The number of piperidine rings is 1. The highest BCUT2D eigenvalue weighted by molar-refractivity contribution is 6.01. The van der Waals surface area contributed by atoms with Crippen molar-refractivity contribution in [2.45, 2.75) is 38.0 Å². The molecule has 0 radical (unpaired) electrons. The zero-order valence-electron chi connectivity index (χ0n) is 16.6. The third-order valence-corrected chi connectivity index (χ3v) is 5.87. The number of H-pyrrole nitrogens is 1. The zero-order chi connectivity index (χ0) is 21.6. The predicted octanol–water partition coefficient (Wildman–Crippen LogP) is 5.42. The number of fused-ring (bicyclic) bond motifs is 3. The van der Waals surface area contributed by atoms with E-state index < -0.39 is 11.7 Å². The Morgan fingerprint density at radius 3 is 2.65 bits per heavy atom. The molecule has 160 valence electrons. The van der Waals surface area contributed by atoms with Crippen LogP contribution < -0.4 is 5.56 Å². The van der Waals surface area contributed by atoms with Gasteiger partial charge in [-0.1, -0.05) is 30.7 Å². The van der Waals surface area contributed by atoms with Crippen LogP contribution in [0.4, 0.5) is 13.2 Å². The Labute approximate surface area is 175 Å². The first-order valence-corrected chi connectivity index (χ1v) is 10.2. The van der Waals surface area contributed by atoms with Gasteiger partial charge in [-0.05, 0) is 49.2 Å². The first kappa shape index (κ1) is 19.8. The normalized spacial score (nSPS) is 18.1. The Balaban J connectivity index is 1.47. The van der Waals surface area contributed by atoms with Gasteiger partial charge >= 0.3 is 6.18 Å². The number of hydrogen-bond donors (Lipinski definition) is 1. The van der Waals surface area contributed by atoms with Crippen molar-refractivity contribution in [3.05, 3.63) is 75.8 Å². The van der Waals surface area contributed by atoms with E-state index >= 15 is 0 Å². The van der Waals surface area contributed by atoms with Crippen LogP contribution in [-0.4, -0.2) is 21.4 Å². The topological polar surface area (TPSA) is 62.1 Å². The van der Waals surface area contributed by atoms with Gasteiger partial charge in [0.05, 0.1) is 12.1 Å². The molecular weight excluding hydrogens is 407 g/mol. The molecule has 3 heterocycles. The summed E-state index contributed by atoms with van der Waals surface area (Å²) in [6, 6.07) is 12.7. The minimum Gasteiger partial charge on any atom is -0.449 e. The van der Waals surface area contributed by atoms with Gasteiger partial charge < -0.3 is 9.40 Å². The number of likely N-dealkylation sites (tertiary alicyclic amines) is 1. The molecule has 2 aromatic carbocycles. The minimum atomic E-state index is -4.35. The van der Waals surface area contributed by atoms with Crippen LogP contribution in [0.1, 0.15) is 42.3 Å². The van der Waals surface area contributed by atoms with Crippen LogP contribution in [0.15, 0.2) is 57.7 Å².